The summed E-state index contributed by atoms with van der Waals surface area (Å²) in [6.07, 6.45) is 5.95. The lowest BCUT2D eigenvalue weighted by molar-refractivity contribution is 0.385. The van der Waals surface area contributed by atoms with Crippen LogP contribution in [0.1, 0.15) is 26.5 Å². The van der Waals surface area contributed by atoms with E-state index in [9.17, 15) is 0 Å². The number of hydrogen-bond acceptors (Lipinski definition) is 3. The summed E-state index contributed by atoms with van der Waals surface area (Å²) in [6.45, 7) is 6.36. The van der Waals surface area contributed by atoms with Crippen LogP contribution in [0.15, 0.2) is 18.7 Å². The standard InChI is InChI=1S/C11H15ClN4/c1-11(2,3)9(12)6-8-10-15-14-7-16(10)5-4-13-8/h4-5,7,9H,6H2,1-3H3. The quantitative estimate of drug-likeness (QED) is 0.755. The third kappa shape index (κ3) is 2.16. The first kappa shape index (κ1) is 11.3. The SMILES string of the molecule is CC(C)(C)C(Cl)Cc1nccn2cnnc12. The van der Waals surface area contributed by atoms with Crippen LogP contribution in [0.3, 0.4) is 0 Å². The highest BCUT2D eigenvalue weighted by molar-refractivity contribution is 6.21. The van der Waals surface area contributed by atoms with Gasteiger partial charge in [0.05, 0.1) is 5.69 Å². The van der Waals surface area contributed by atoms with Gasteiger partial charge in [0.25, 0.3) is 0 Å². The summed E-state index contributed by atoms with van der Waals surface area (Å²) < 4.78 is 1.86. The summed E-state index contributed by atoms with van der Waals surface area (Å²) in [5, 5.41) is 7.94. The molecule has 0 aliphatic heterocycles. The van der Waals surface area contributed by atoms with Gasteiger partial charge >= 0.3 is 0 Å². The van der Waals surface area contributed by atoms with E-state index in [1.165, 1.54) is 0 Å². The minimum Gasteiger partial charge on any atom is -0.286 e. The van der Waals surface area contributed by atoms with Crippen molar-refractivity contribution >= 4 is 17.2 Å². The van der Waals surface area contributed by atoms with Crippen LogP contribution in [0.2, 0.25) is 0 Å². The van der Waals surface area contributed by atoms with E-state index < -0.39 is 0 Å². The fraction of sp³-hybridized carbons (Fsp3) is 0.545. The molecule has 0 fully saturated rings. The normalized spacial score (nSPS) is 14.2. The molecule has 0 aliphatic rings. The molecule has 4 nitrogen and oxygen atoms in total. The molecule has 0 saturated carbocycles. The molecular formula is C11H15ClN4. The highest BCUT2D eigenvalue weighted by atomic mass is 35.5. The highest BCUT2D eigenvalue weighted by Gasteiger charge is 2.24. The predicted molar refractivity (Wildman–Crippen MR) is 63.6 cm³/mol. The number of alkyl halides is 1. The van der Waals surface area contributed by atoms with Gasteiger partial charge in [0, 0.05) is 24.2 Å². The van der Waals surface area contributed by atoms with E-state index in [1.807, 2.05) is 10.6 Å². The van der Waals surface area contributed by atoms with Gasteiger partial charge in [-0.05, 0) is 5.41 Å². The van der Waals surface area contributed by atoms with Gasteiger partial charge < -0.3 is 0 Å². The van der Waals surface area contributed by atoms with E-state index in [-0.39, 0.29) is 10.8 Å². The molecule has 0 bridgehead atoms. The van der Waals surface area contributed by atoms with Gasteiger partial charge in [-0.2, -0.15) is 0 Å². The lowest BCUT2D eigenvalue weighted by atomic mass is 9.89. The van der Waals surface area contributed by atoms with Crippen molar-refractivity contribution in [1.29, 1.82) is 0 Å². The topological polar surface area (TPSA) is 43.1 Å². The number of fused-ring (bicyclic) bond motifs is 1. The number of hydrogen-bond donors (Lipinski definition) is 0. The van der Waals surface area contributed by atoms with Gasteiger partial charge in [0.1, 0.15) is 6.33 Å². The van der Waals surface area contributed by atoms with Crippen molar-refractivity contribution in [2.24, 2.45) is 5.41 Å². The Morgan fingerprint density at radius 1 is 1.44 bits per heavy atom. The summed E-state index contributed by atoms with van der Waals surface area (Å²) in [5.41, 5.74) is 1.74. The molecule has 86 valence electrons. The molecule has 1 atom stereocenters. The third-order valence-corrected chi connectivity index (χ3v) is 3.41. The molecule has 0 aromatic carbocycles. The maximum absolute atomic E-state index is 6.36. The molecule has 0 N–H and O–H groups in total. The van der Waals surface area contributed by atoms with E-state index in [0.717, 1.165) is 11.3 Å². The molecule has 2 aromatic rings. The summed E-state index contributed by atoms with van der Waals surface area (Å²) in [4.78, 5) is 4.32. The Bertz CT molecular complexity index is 486. The van der Waals surface area contributed by atoms with Gasteiger partial charge in [-0.25, -0.2) is 0 Å². The number of aromatic nitrogens is 4. The molecule has 5 heteroatoms. The van der Waals surface area contributed by atoms with E-state index in [1.54, 1.807) is 12.5 Å². The van der Waals surface area contributed by atoms with Crippen molar-refractivity contribution in [3.8, 4) is 0 Å². The second-order valence-electron chi connectivity index (χ2n) is 4.97. The first-order chi connectivity index (χ1) is 7.48. The number of halogens is 1. The van der Waals surface area contributed by atoms with E-state index >= 15 is 0 Å². The average molecular weight is 239 g/mol. The third-order valence-electron chi connectivity index (χ3n) is 2.60. The fourth-order valence-electron chi connectivity index (χ4n) is 1.43. The molecule has 0 amide bonds. The minimum atomic E-state index is 0.0305. The lowest BCUT2D eigenvalue weighted by Crippen LogP contribution is -2.23. The van der Waals surface area contributed by atoms with Crippen molar-refractivity contribution in [3.05, 3.63) is 24.4 Å². The van der Waals surface area contributed by atoms with Crippen LogP contribution in [-0.4, -0.2) is 25.0 Å². The molecule has 2 aromatic heterocycles. The average Bonchev–Trinajstić information content (AvgIpc) is 2.65. The van der Waals surface area contributed by atoms with Crippen LogP contribution in [0.5, 0.6) is 0 Å². The first-order valence-electron chi connectivity index (χ1n) is 5.26. The Morgan fingerprint density at radius 3 is 2.88 bits per heavy atom. The largest absolute Gasteiger partial charge is 0.286 e. The Morgan fingerprint density at radius 2 is 2.19 bits per heavy atom. The molecule has 2 heterocycles. The molecule has 0 radical (unpaired) electrons. The molecule has 0 spiro atoms. The van der Waals surface area contributed by atoms with E-state index in [4.69, 9.17) is 11.6 Å². The van der Waals surface area contributed by atoms with Gasteiger partial charge in [-0.15, -0.1) is 21.8 Å². The predicted octanol–water partition coefficient (Wildman–Crippen LogP) is 2.32. The van der Waals surface area contributed by atoms with Gasteiger partial charge in [0.2, 0.25) is 0 Å². The van der Waals surface area contributed by atoms with E-state index in [2.05, 4.69) is 36.0 Å². The number of nitrogens with zero attached hydrogens (tertiary/aromatic N) is 4. The number of rotatable bonds is 2. The van der Waals surface area contributed by atoms with Crippen LogP contribution in [0.25, 0.3) is 5.65 Å². The molecule has 2 rings (SSSR count). The second kappa shape index (κ2) is 4.01. The van der Waals surface area contributed by atoms with Crippen molar-refractivity contribution in [1.82, 2.24) is 19.6 Å². The summed E-state index contributed by atoms with van der Waals surface area (Å²) in [5.74, 6) is 0. The van der Waals surface area contributed by atoms with Gasteiger partial charge in [-0.3, -0.25) is 9.38 Å². The van der Waals surface area contributed by atoms with Crippen molar-refractivity contribution < 1.29 is 0 Å². The van der Waals surface area contributed by atoms with Crippen LogP contribution < -0.4 is 0 Å². The van der Waals surface area contributed by atoms with Crippen molar-refractivity contribution in [2.45, 2.75) is 32.6 Å². The zero-order valence-electron chi connectivity index (χ0n) is 9.68. The van der Waals surface area contributed by atoms with Crippen LogP contribution in [-0.2, 0) is 6.42 Å². The molecule has 16 heavy (non-hydrogen) atoms. The Hall–Kier alpha value is -1.16. The first-order valence-corrected chi connectivity index (χ1v) is 5.69. The van der Waals surface area contributed by atoms with Crippen LogP contribution in [0, 0.1) is 5.41 Å². The zero-order chi connectivity index (χ0) is 11.8. The Labute approximate surface area is 99.7 Å². The smallest absolute Gasteiger partial charge is 0.182 e. The molecular weight excluding hydrogens is 224 g/mol. The summed E-state index contributed by atoms with van der Waals surface area (Å²) >= 11 is 6.36. The van der Waals surface area contributed by atoms with Gasteiger partial charge in [0.15, 0.2) is 5.65 Å². The minimum absolute atomic E-state index is 0.0305. The maximum atomic E-state index is 6.36. The lowest BCUT2D eigenvalue weighted by Gasteiger charge is -2.24. The highest BCUT2D eigenvalue weighted by Crippen LogP contribution is 2.27. The molecule has 1 unspecified atom stereocenters. The fourth-order valence-corrected chi connectivity index (χ4v) is 1.58. The van der Waals surface area contributed by atoms with E-state index in [0.29, 0.717) is 6.42 Å². The zero-order valence-corrected chi connectivity index (χ0v) is 10.4. The Balaban J connectivity index is 2.31. The summed E-state index contributed by atoms with van der Waals surface area (Å²) in [6, 6.07) is 0. The maximum Gasteiger partial charge on any atom is 0.182 e. The summed E-state index contributed by atoms with van der Waals surface area (Å²) in [7, 11) is 0. The van der Waals surface area contributed by atoms with Crippen molar-refractivity contribution in [2.75, 3.05) is 0 Å². The molecule has 0 saturated heterocycles. The Kier molecular flexibility index (Phi) is 2.84. The molecule has 0 aliphatic carbocycles. The van der Waals surface area contributed by atoms with Crippen LogP contribution >= 0.6 is 11.6 Å². The second-order valence-corrected chi connectivity index (χ2v) is 5.50. The van der Waals surface area contributed by atoms with Crippen LogP contribution in [0.4, 0.5) is 0 Å². The van der Waals surface area contributed by atoms with Gasteiger partial charge in [-0.1, -0.05) is 20.8 Å². The monoisotopic (exact) mass is 238 g/mol. The van der Waals surface area contributed by atoms with Crippen molar-refractivity contribution in [3.63, 3.8) is 0 Å².